The summed E-state index contributed by atoms with van der Waals surface area (Å²) in [6.07, 6.45) is -3.53. The van der Waals surface area contributed by atoms with E-state index in [-0.39, 0.29) is 5.82 Å². The Morgan fingerprint density at radius 3 is 2.30 bits per heavy atom. The first-order valence-electron chi connectivity index (χ1n) is 12.4. The van der Waals surface area contributed by atoms with Gasteiger partial charge in [-0.2, -0.15) is 13.2 Å². The minimum absolute atomic E-state index is 0.210. The van der Waals surface area contributed by atoms with Crippen LogP contribution in [0.15, 0.2) is 21.7 Å². The molecule has 1 aliphatic heterocycles. The van der Waals surface area contributed by atoms with Gasteiger partial charge >= 0.3 is 6.18 Å². The third kappa shape index (κ3) is 6.46. The molecule has 4 rings (SSSR count). The number of rotatable bonds is 7. The van der Waals surface area contributed by atoms with E-state index in [4.69, 9.17) is 4.42 Å². The van der Waals surface area contributed by atoms with Gasteiger partial charge in [0.15, 0.2) is 11.0 Å². The van der Waals surface area contributed by atoms with E-state index in [1.165, 1.54) is 0 Å². The van der Waals surface area contributed by atoms with Crippen molar-refractivity contribution in [3.05, 3.63) is 35.2 Å². The highest BCUT2D eigenvalue weighted by Gasteiger charge is 2.36. The molecule has 1 fully saturated rings. The van der Waals surface area contributed by atoms with Crippen LogP contribution in [0, 0.1) is 13.8 Å². The van der Waals surface area contributed by atoms with E-state index >= 15 is 0 Å². The quantitative estimate of drug-likeness (QED) is 0.304. The Balaban J connectivity index is 1.29. The SMILES string of the molecule is Cc1cc(-c2nnc(SCCCN3CCN(c4cc(C(F)(F)F)nc(C(C)(C)C)n4)CC3)n2C)c(C)o1. The second kappa shape index (κ2) is 10.6. The number of nitrogens with zero attached hydrogens (tertiary/aromatic N) is 7. The molecule has 0 aromatic carbocycles. The maximum absolute atomic E-state index is 13.5. The number of alkyl halides is 3. The summed E-state index contributed by atoms with van der Waals surface area (Å²) in [5, 5.41) is 9.54. The lowest BCUT2D eigenvalue weighted by molar-refractivity contribution is -0.141. The molecule has 0 atom stereocenters. The lowest BCUT2D eigenvalue weighted by Crippen LogP contribution is -2.47. The zero-order chi connectivity index (χ0) is 27.0. The topological polar surface area (TPSA) is 76.1 Å². The summed E-state index contributed by atoms with van der Waals surface area (Å²) in [7, 11) is 1.96. The average Bonchev–Trinajstić information content (AvgIpc) is 3.35. The third-order valence-electron chi connectivity index (χ3n) is 6.34. The second-order valence-corrected chi connectivity index (χ2v) is 11.5. The Morgan fingerprint density at radius 2 is 1.70 bits per heavy atom. The highest BCUT2D eigenvalue weighted by molar-refractivity contribution is 7.99. The van der Waals surface area contributed by atoms with E-state index < -0.39 is 17.3 Å². The number of furan rings is 1. The van der Waals surface area contributed by atoms with Crippen LogP contribution in [-0.2, 0) is 18.6 Å². The van der Waals surface area contributed by atoms with Crippen LogP contribution in [-0.4, -0.2) is 68.1 Å². The summed E-state index contributed by atoms with van der Waals surface area (Å²) in [6, 6.07) is 3.05. The van der Waals surface area contributed by atoms with Crippen molar-refractivity contribution in [3.8, 4) is 11.4 Å². The number of piperazine rings is 1. The fourth-order valence-corrected chi connectivity index (χ4v) is 5.09. The summed E-state index contributed by atoms with van der Waals surface area (Å²) in [5.74, 6) is 3.92. The van der Waals surface area contributed by atoms with E-state index in [1.807, 2.05) is 57.2 Å². The van der Waals surface area contributed by atoms with E-state index in [1.54, 1.807) is 11.8 Å². The number of aryl methyl sites for hydroxylation is 2. The average molecular weight is 538 g/mol. The molecule has 0 spiro atoms. The van der Waals surface area contributed by atoms with Crippen LogP contribution in [0.25, 0.3) is 11.4 Å². The number of halogens is 3. The van der Waals surface area contributed by atoms with Crippen LogP contribution >= 0.6 is 11.8 Å². The minimum atomic E-state index is -4.50. The molecule has 0 aliphatic carbocycles. The van der Waals surface area contributed by atoms with Gasteiger partial charge in [0.2, 0.25) is 0 Å². The molecule has 4 heterocycles. The van der Waals surface area contributed by atoms with Gasteiger partial charge in [-0.15, -0.1) is 10.2 Å². The van der Waals surface area contributed by atoms with E-state index in [0.717, 1.165) is 65.9 Å². The number of anilines is 1. The zero-order valence-electron chi connectivity index (χ0n) is 22.2. The van der Waals surface area contributed by atoms with Crippen LogP contribution in [0.1, 0.15) is 50.2 Å². The standard InChI is InChI=1S/C25H34F3N7OS/c1-16-14-18(17(2)36-16)21-31-32-23(33(21)6)37-13-7-8-34-9-11-35(12-10-34)20-15-19(25(26,27)28)29-22(30-20)24(3,4)5/h14-15H,7-13H2,1-6H3. The molecule has 12 heteroatoms. The maximum atomic E-state index is 13.5. The predicted molar refractivity (Wildman–Crippen MR) is 138 cm³/mol. The molecule has 1 aliphatic rings. The Labute approximate surface area is 219 Å². The Morgan fingerprint density at radius 1 is 1.00 bits per heavy atom. The van der Waals surface area contributed by atoms with Crippen molar-refractivity contribution in [2.75, 3.05) is 43.4 Å². The normalized spacial score (nSPS) is 15.5. The first-order chi connectivity index (χ1) is 17.3. The maximum Gasteiger partial charge on any atom is 0.433 e. The lowest BCUT2D eigenvalue weighted by Gasteiger charge is -2.36. The van der Waals surface area contributed by atoms with Gasteiger partial charge < -0.3 is 13.9 Å². The molecule has 0 amide bonds. The summed E-state index contributed by atoms with van der Waals surface area (Å²) in [6.45, 7) is 13.0. The smallest absolute Gasteiger partial charge is 0.433 e. The molecular formula is C25H34F3N7OS. The molecule has 1 saturated heterocycles. The number of thioether (sulfide) groups is 1. The van der Waals surface area contributed by atoms with Crippen molar-refractivity contribution in [1.29, 1.82) is 0 Å². The van der Waals surface area contributed by atoms with Crippen molar-refractivity contribution in [2.24, 2.45) is 7.05 Å². The van der Waals surface area contributed by atoms with Crippen molar-refractivity contribution in [2.45, 2.75) is 57.8 Å². The summed E-state index contributed by atoms with van der Waals surface area (Å²) >= 11 is 1.67. The van der Waals surface area contributed by atoms with Gasteiger partial charge in [0.25, 0.3) is 0 Å². The Bertz CT molecular complexity index is 1190. The number of hydrogen-bond acceptors (Lipinski definition) is 8. The van der Waals surface area contributed by atoms with Gasteiger partial charge in [-0.05, 0) is 32.9 Å². The highest BCUT2D eigenvalue weighted by atomic mass is 32.2. The fraction of sp³-hybridized carbons (Fsp3) is 0.600. The number of hydrogen-bond donors (Lipinski definition) is 0. The van der Waals surface area contributed by atoms with Crippen molar-refractivity contribution < 1.29 is 17.6 Å². The molecule has 8 nitrogen and oxygen atoms in total. The summed E-state index contributed by atoms with van der Waals surface area (Å²) < 4.78 is 48.0. The van der Waals surface area contributed by atoms with Crippen molar-refractivity contribution in [3.63, 3.8) is 0 Å². The van der Waals surface area contributed by atoms with Gasteiger partial charge in [0, 0.05) is 50.5 Å². The molecule has 0 N–H and O–H groups in total. The molecule has 202 valence electrons. The highest BCUT2D eigenvalue weighted by Crippen LogP contribution is 2.32. The molecular weight excluding hydrogens is 503 g/mol. The van der Waals surface area contributed by atoms with Crippen molar-refractivity contribution >= 4 is 17.6 Å². The summed E-state index contributed by atoms with van der Waals surface area (Å²) in [5.41, 5.74) is -0.500. The van der Waals surface area contributed by atoms with E-state index in [0.29, 0.717) is 18.9 Å². The van der Waals surface area contributed by atoms with Crippen LogP contribution in [0.2, 0.25) is 0 Å². The molecule has 3 aromatic rings. The summed E-state index contributed by atoms with van der Waals surface area (Å²) in [4.78, 5) is 12.6. The van der Waals surface area contributed by atoms with Crippen LogP contribution < -0.4 is 4.90 Å². The van der Waals surface area contributed by atoms with E-state index in [2.05, 4.69) is 25.1 Å². The molecule has 0 saturated carbocycles. The van der Waals surface area contributed by atoms with Gasteiger partial charge in [0.05, 0.1) is 5.56 Å². The lowest BCUT2D eigenvalue weighted by atomic mass is 9.95. The molecule has 37 heavy (non-hydrogen) atoms. The second-order valence-electron chi connectivity index (χ2n) is 10.4. The number of aromatic nitrogens is 5. The largest absolute Gasteiger partial charge is 0.466 e. The monoisotopic (exact) mass is 537 g/mol. The van der Waals surface area contributed by atoms with Gasteiger partial charge in [0.1, 0.15) is 28.9 Å². The van der Waals surface area contributed by atoms with E-state index in [9.17, 15) is 13.2 Å². The molecule has 0 radical (unpaired) electrons. The Hall–Kier alpha value is -2.60. The molecule has 3 aromatic heterocycles. The molecule has 0 bridgehead atoms. The third-order valence-corrected chi connectivity index (χ3v) is 7.44. The minimum Gasteiger partial charge on any atom is -0.466 e. The van der Waals surface area contributed by atoms with Gasteiger partial charge in [-0.3, -0.25) is 4.90 Å². The first kappa shape index (κ1) is 27.4. The Kier molecular flexibility index (Phi) is 7.89. The van der Waals surface area contributed by atoms with Crippen molar-refractivity contribution in [1.82, 2.24) is 29.6 Å². The fourth-order valence-electron chi connectivity index (χ4n) is 4.26. The predicted octanol–water partition coefficient (Wildman–Crippen LogP) is 5.10. The van der Waals surface area contributed by atoms with Crippen LogP contribution in [0.3, 0.4) is 0 Å². The first-order valence-corrected chi connectivity index (χ1v) is 13.3. The van der Waals surface area contributed by atoms with Crippen LogP contribution in [0.5, 0.6) is 0 Å². The van der Waals surface area contributed by atoms with Crippen LogP contribution in [0.4, 0.5) is 19.0 Å². The zero-order valence-corrected chi connectivity index (χ0v) is 23.0. The van der Waals surface area contributed by atoms with Gasteiger partial charge in [-0.1, -0.05) is 32.5 Å². The molecule has 0 unspecified atom stereocenters. The van der Waals surface area contributed by atoms with Gasteiger partial charge in [-0.25, -0.2) is 9.97 Å².